The molecule has 0 N–H and O–H groups in total. The van der Waals surface area contributed by atoms with E-state index in [-0.39, 0.29) is 21.8 Å². The Morgan fingerprint density at radius 3 is 1.55 bits per heavy atom. The van der Waals surface area contributed by atoms with Gasteiger partial charge in [-0.25, -0.2) is 0 Å². The predicted octanol–water partition coefficient (Wildman–Crippen LogP) is 4.50. The van der Waals surface area contributed by atoms with Crippen LogP contribution < -0.4 is 0 Å². The highest BCUT2D eigenvalue weighted by Crippen LogP contribution is 2.53. The third kappa shape index (κ3) is 1.58. The second-order valence-corrected chi connectivity index (χ2v) is 10.4. The molecule has 0 saturated heterocycles. The largest absolute Gasteiger partial charge is 0.216 e. The first-order valence-corrected chi connectivity index (χ1v) is 9.92. The second kappa shape index (κ2) is 4.57. The van der Waals surface area contributed by atoms with Crippen molar-refractivity contribution in [2.75, 3.05) is 0 Å². The summed E-state index contributed by atoms with van der Waals surface area (Å²) in [6.07, 6.45) is 0. The molecule has 2 aromatic carbocycles. The molecule has 2 aromatic rings. The fourth-order valence-electron chi connectivity index (χ4n) is 3.70. The van der Waals surface area contributed by atoms with Gasteiger partial charge in [0.05, 0.1) is 21.8 Å². The van der Waals surface area contributed by atoms with E-state index >= 15 is 0 Å². The molecule has 5 rings (SSSR count). The number of hydrogen-bond donors (Lipinski definition) is 0. The number of hydrogen-bond acceptors (Lipinski definition) is 0. The molecule has 0 spiro atoms. The van der Waals surface area contributed by atoms with Crippen molar-refractivity contribution >= 4 is 21.8 Å². The molecule has 0 unspecified atom stereocenters. The molecule has 20 heavy (non-hydrogen) atoms. The van der Waals surface area contributed by atoms with Gasteiger partial charge in [-0.05, 0) is 31.2 Å². The van der Waals surface area contributed by atoms with Crippen LogP contribution >= 0.6 is 0 Å². The lowest BCUT2D eigenvalue weighted by molar-refractivity contribution is 0.584. The Bertz CT molecular complexity index is 614. The van der Waals surface area contributed by atoms with E-state index in [1.807, 2.05) is 0 Å². The Morgan fingerprint density at radius 2 is 1.15 bits per heavy atom. The van der Waals surface area contributed by atoms with Crippen molar-refractivity contribution in [2.24, 2.45) is 5.92 Å². The molecule has 3 aliphatic heterocycles. The van der Waals surface area contributed by atoms with Gasteiger partial charge < -0.3 is 0 Å². The van der Waals surface area contributed by atoms with Crippen LogP contribution in [-0.4, -0.2) is 10.5 Å². The van der Waals surface area contributed by atoms with Gasteiger partial charge in [0.1, 0.15) is 0 Å². The Labute approximate surface area is 127 Å². The van der Waals surface area contributed by atoms with Crippen molar-refractivity contribution < 1.29 is 0 Å². The first kappa shape index (κ1) is 12.8. The van der Waals surface area contributed by atoms with Crippen LogP contribution in [0.15, 0.2) is 68.1 Å². The molecule has 0 aromatic heterocycles. The first-order valence-electron chi connectivity index (χ1n) is 7.34. The van der Waals surface area contributed by atoms with Crippen LogP contribution in [-0.2, 0) is 21.8 Å². The van der Waals surface area contributed by atoms with Crippen LogP contribution in [0.1, 0.15) is 20.8 Å². The van der Waals surface area contributed by atoms with Crippen molar-refractivity contribution in [2.45, 2.75) is 50.9 Å². The maximum absolute atomic E-state index is 2.49. The predicted molar refractivity (Wildman–Crippen MR) is 88.8 cm³/mol. The Kier molecular flexibility index (Phi) is 2.94. The van der Waals surface area contributed by atoms with E-state index < -0.39 is 0 Å². The molecule has 2 atom stereocenters. The van der Waals surface area contributed by atoms with Crippen LogP contribution in [0.2, 0.25) is 0 Å². The summed E-state index contributed by atoms with van der Waals surface area (Å²) >= 11 is 0. The quantitative estimate of drug-likeness (QED) is 0.680. The summed E-state index contributed by atoms with van der Waals surface area (Å²) < 4.78 is 0. The number of rotatable bonds is 1. The topological polar surface area (TPSA) is 0 Å². The third-order valence-electron chi connectivity index (χ3n) is 4.41. The van der Waals surface area contributed by atoms with Crippen LogP contribution in [0.3, 0.4) is 0 Å². The van der Waals surface area contributed by atoms with E-state index in [4.69, 9.17) is 0 Å². The zero-order chi connectivity index (χ0) is 13.9. The van der Waals surface area contributed by atoms with Crippen LogP contribution in [0.25, 0.3) is 0 Å². The third-order valence-corrected chi connectivity index (χ3v) is 10.7. The van der Waals surface area contributed by atoms with Crippen molar-refractivity contribution in [3.63, 3.8) is 0 Å². The number of benzene rings is 2. The summed E-state index contributed by atoms with van der Waals surface area (Å²) in [7, 11) is 0.549. The fraction of sp³-hybridized carbons (Fsp3) is 0.333. The zero-order valence-corrected chi connectivity index (χ0v) is 13.8. The summed E-state index contributed by atoms with van der Waals surface area (Å²) in [5.41, 5.74) is 0. The smallest absolute Gasteiger partial charge is 0.0578 e. The summed E-state index contributed by atoms with van der Waals surface area (Å²) in [5, 5.41) is 1.59. The fourth-order valence-corrected chi connectivity index (χ4v) is 10.9. The highest BCUT2D eigenvalue weighted by Gasteiger charge is 2.64. The molecular weight excluding hydrogens is 280 g/mol. The summed E-state index contributed by atoms with van der Waals surface area (Å²) in [4.78, 5) is 6.51. The van der Waals surface area contributed by atoms with Crippen LogP contribution in [0.5, 0.6) is 0 Å². The highest BCUT2D eigenvalue weighted by molar-refractivity contribution is 8.06. The Balaban J connectivity index is 2.02. The van der Waals surface area contributed by atoms with Gasteiger partial charge in [-0.15, -0.1) is 0 Å². The summed E-state index contributed by atoms with van der Waals surface area (Å²) in [6.45, 7) is 7.30. The SMILES string of the molecule is CC(C)[C@@H]1[C@@H](C)[S+]2c3ccccc3[S+]1c1ccccc12. The standard InChI is InChI=1S/C18H20S2/c1-12(2)18-13(3)19-14-8-4-6-10-16(14)20(18)17-11-7-5-9-15(17)19/h4-13,18H,1-3H3/q+2/t13-,18-,19?,20?/m1/s1. The molecular formula is C18H20S2+2. The molecule has 2 heteroatoms. The molecule has 102 valence electrons. The van der Waals surface area contributed by atoms with Gasteiger partial charge in [0.2, 0.25) is 19.6 Å². The van der Waals surface area contributed by atoms with E-state index in [0.717, 1.165) is 16.4 Å². The first-order chi connectivity index (χ1) is 9.70. The van der Waals surface area contributed by atoms with Crippen molar-refractivity contribution in [1.29, 1.82) is 0 Å². The van der Waals surface area contributed by atoms with E-state index in [2.05, 4.69) is 69.3 Å². The molecule has 2 bridgehead atoms. The Hall–Kier alpha value is -0.860. The lowest BCUT2D eigenvalue weighted by Crippen LogP contribution is -2.50. The van der Waals surface area contributed by atoms with E-state index in [1.165, 1.54) is 0 Å². The second-order valence-electron chi connectivity index (χ2n) is 5.98. The molecule has 0 radical (unpaired) electrons. The highest BCUT2D eigenvalue weighted by atomic mass is 32.2. The van der Waals surface area contributed by atoms with Gasteiger partial charge in [-0.1, -0.05) is 38.1 Å². The zero-order valence-electron chi connectivity index (χ0n) is 12.2. The van der Waals surface area contributed by atoms with Gasteiger partial charge in [-0.3, -0.25) is 0 Å². The molecule has 0 fully saturated rings. The maximum Gasteiger partial charge on any atom is 0.216 e. The lowest BCUT2D eigenvalue weighted by Gasteiger charge is -2.36. The monoisotopic (exact) mass is 300 g/mol. The summed E-state index contributed by atoms with van der Waals surface area (Å²) in [5.74, 6) is 0.755. The van der Waals surface area contributed by atoms with Crippen LogP contribution in [0, 0.1) is 5.92 Å². The molecule has 0 saturated carbocycles. The van der Waals surface area contributed by atoms with E-state index in [0.29, 0.717) is 0 Å². The van der Waals surface area contributed by atoms with E-state index in [1.54, 1.807) is 19.6 Å². The molecule has 3 aliphatic rings. The van der Waals surface area contributed by atoms with Crippen molar-refractivity contribution in [3.05, 3.63) is 48.5 Å². The molecule has 0 amide bonds. The average molecular weight is 300 g/mol. The van der Waals surface area contributed by atoms with Crippen molar-refractivity contribution in [3.8, 4) is 0 Å². The maximum atomic E-state index is 2.49. The van der Waals surface area contributed by atoms with Gasteiger partial charge in [0.25, 0.3) is 0 Å². The average Bonchev–Trinajstić information content (AvgIpc) is 2.47. The normalized spacial score (nSPS) is 30.2. The minimum absolute atomic E-state index is 0.273. The molecule has 0 nitrogen and oxygen atoms in total. The molecule has 3 heterocycles. The lowest BCUT2D eigenvalue weighted by atomic mass is 10.1. The summed E-state index contributed by atoms with van der Waals surface area (Å²) in [6, 6.07) is 18.4. The van der Waals surface area contributed by atoms with Gasteiger partial charge in [0, 0.05) is 5.92 Å². The van der Waals surface area contributed by atoms with Gasteiger partial charge in [0.15, 0.2) is 10.5 Å². The van der Waals surface area contributed by atoms with Gasteiger partial charge in [-0.2, -0.15) is 0 Å². The number of fused-ring (bicyclic) bond motifs is 1. The minimum atomic E-state index is 0.273. The van der Waals surface area contributed by atoms with Gasteiger partial charge >= 0.3 is 0 Å². The van der Waals surface area contributed by atoms with Crippen molar-refractivity contribution in [1.82, 2.24) is 0 Å². The van der Waals surface area contributed by atoms with Crippen LogP contribution in [0.4, 0.5) is 0 Å². The molecule has 0 aliphatic carbocycles. The van der Waals surface area contributed by atoms with E-state index in [9.17, 15) is 0 Å². The Morgan fingerprint density at radius 1 is 0.750 bits per heavy atom. The minimum Gasteiger partial charge on any atom is -0.0578 e.